The van der Waals surface area contributed by atoms with Crippen LogP contribution in [0.5, 0.6) is 0 Å². The number of nitrogens with zero attached hydrogens (tertiary/aromatic N) is 1. The van der Waals surface area contributed by atoms with Crippen LogP contribution in [0.15, 0.2) is 0 Å². The van der Waals surface area contributed by atoms with Gasteiger partial charge in [-0.05, 0) is 20.3 Å². The van der Waals surface area contributed by atoms with Crippen molar-refractivity contribution >= 4 is 18.0 Å². The topological polar surface area (TPSA) is 95.9 Å². The van der Waals surface area contributed by atoms with Crippen molar-refractivity contribution in [3.63, 3.8) is 0 Å². The minimum Gasteiger partial charge on any atom is -0.480 e. The summed E-state index contributed by atoms with van der Waals surface area (Å²) < 4.78 is 4.42. The van der Waals surface area contributed by atoms with E-state index >= 15 is 0 Å². The SMILES string of the molecule is COC(=O)CC[C@@H](NC(=O)N(C)C(C)C)C(=O)O. The van der Waals surface area contributed by atoms with E-state index in [0.717, 1.165) is 0 Å². The van der Waals surface area contributed by atoms with E-state index in [0.29, 0.717) is 0 Å². The van der Waals surface area contributed by atoms with Crippen molar-refractivity contribution in [3.05, 3.63) is 0 Å². The number of ether oxygens (including phenoxy) is 1. The van der Waals surface area contributed by atoms with Crippen LogP contribution in [0.3, 0.4) is 0 Å². The summed E-state index contributed by atoms with van der Waals surface area (Å²) in [5.41, 5.74) is 0. The summed E-state index contributed by atoms with van der Waals surface area (Å²) in [5.74, 6) is -1.68. The maximum Gasteiger partial charge on any atom is 0.326 e. The van der Waals surface area contributed by atoms with E-state index in [2.05, 4.69) is 10.1 Å². The van der Waals surface area contributed by atoms with Gasteiger partial charge in [-0.3, -0.25) is 4.79 Å². The number of amides is 2. The Labute approximate surface area is 106 Å². The second-order valence-corrected chi connectivity index (χ2v) is 4.16. The molecule has 2 amide bonds. The molecule has 0 saturated heterocycles. The molecule has 2 N–H and O–H groups in total. The quantitative estimate of drug-likeness (QED) is 0.676. The number of methoxy groups -OCH3 is 1. The number of carbonyl (C=O) groups excluding carboxylic acids is 2. The van der Waals surface area contributed by atoms with E-state index in [1.165, 1.54) is 12.0 Å². The van der Waals surface area contributed by atoms with Crippen LogP contribution in [0, 0.1) is 0 Å². The number of carbonyl (C=O) groups is 3. The highest BCUT2D eigenvalue weighted by molar-refractivity contribution is 5.83. The maximum atomic E-state index is 11.6. The predicted octanol–water partition coefficient (Wildman–Crippen LogP) is 0.443. The number of aliphatic carboxylic acids is 1. The average Bonchev–Trinajstić information content (AvgIpc) is 2.31. The van der Waals surface area contributed by atoms with E-state index in [1.54, 1.807) is 7.05 Å². The number of carboxylic acid groups (broad SMARTS) is 1. The second-order valence-electron chi connectivity index (χ2n) is 4.16. The van der Waals surface area contributed by atoms with Crippen molar-refractivity contribution in [2.75, 3.05) is 14.2 Å². The molecule has 0 aromatic heterocycles. The minimum atomic E-state index is -1.18. The lowest BCUT2D eigenvalue weighted by Crippen LogP contribution is -2.48. The van der Waals surface area contributed by atoms with E-state index in [-0.39, 0.29) is 18.9 Å². The van der Waals surface area contributed by atoms with Crippen molar-refractivity contribution in [1.82, 2.24) is 10.2 Å². The van der Waals surface area contributed by atoms with Gasteiger partial charge in [0.1, 0.15) is 6.04 Å². The molecule has 18 heavy (non-hydrogen) atoms. The summed E-state index contributed by atoms with van der Waals surface area (Å²) in [5, 5.41) is 11.3. The smallest absolute Gasteiger partial charge is 0.326 e. The van der Waals surface area contributed by atoms with Gasteiger partial charge in [-0.15, -0.1) is 0 Å². The molecule has 0 aromatic carbocycles. The van der Waals surface area contributed by atoms with Gasteiger partial charge in [0.15, 0.2) is 0 Å². The highest BCUT2D eigenvalue weighted by Gasteiger charge is 2.23. The zero-order chi connectivity index (χ0) is 14.3. The Hall–Kier alpha value is -1.79. The average molecular weight is 260 g/mol. The Balaban J connectivity index is 4.41. The normalized spacial score (nSPS) is 11.8. The first kappa shape index (κ1) is 16.2. The van der Waals surface area contributed by atoms with Crippen molar-refractivity contribution in [2.24, 2.45) is 0 Å². The number of nitrogens with one attached hydrogen (secondary N) is 1. The highest BCUT2D eigenvalue weighted by atomic mass is 16.5. The van der Waals surface area contributed by atoms with Gasteiger partial charge < -0.3 is 20.1 Å². The number of esters is 1. The zero-order valence-corrected chi connectivity index (χ0v) is 11.1. The van der Waals surface area contributed by atoms with Crippen LogP contribution in [-0.4, -0.2) is 54.2 Å². The van der Waals surface area contributed by atoms with Gasteiger partial charge in [-0.25, -0.2) is 9.59 Å². The van der Waals surface area contributed by atoms with E-state index < -0.39 is 24.0 Å². The van der Waals surface area contributed by atoms with Crippen molar-refractivity contribution in [1.29, 1.82) is 0 Å². The molecular formula is C11H20N2O5. The van der Waals surface area contributed by atoms with Gasteiger partial charge >= 0.3 is 18.0 Å². The minimum absolute atomic E-state index is 0.000316. The summed E-state index contributed by atoms with van der Waals surface area (Å²) >= 11 is 0. The molecule has 0 aliphatic carbocycles. The largest absolute Gasteiger partial charge is 0.480 e. The van der Waals surface area contributed by atoms with Gasteiger partial charge in [0.05, 0.1) is 7.11 Å². The third kappa shape index (κ3) is 5.51. The number of urea groups is 1. The molecule has 1 atom stereocenters. The molecule has 0 aliphatic rings. The fourth-order valence-corrected chi connectivity index (χ4v) is 1.11. The molecule has 0 spiro atoms. The Morgan fingerprint density at radius 1 is 1.33 bits per heavy atom. The summed E-state index contributed by atoms with van der Waals surface area (Å²) in [6.45, 7) is 3.62. The predicted molar refractivity (Wildman–Crippen MR) is 64.1 cm³/mol. The van der Waals surface area contributed by atoms with Gasteiger partial charge in [0.25, 0.3) is 0 Å². The standard InChI is InChI=1S/C11H20N2O5/c1-7(2)13(3)11(17)12-8(10(15)16)5-6-9(14)18-4/h7-8H,5-6H2,1-4H3,(H,12,17)(H,15,16)/t8-/m1/s1. The molecule has 0 saturated carbocycles. The van der Waals surface area contributed by atoms with Crippen molar-refractivity contribution in [3.8, 4) is 0 Å². The van der Waals surface area contributed by atoms with Gasteiger partial charge in [-0.1, -0.05) is 0 Å². The van der Waals surface area contributed by atoms with Crippen LogP contribution >= 0.6 is 0 Å². The summed E-state index contributed by atoms with van der Waals surface area (Å²) in [6.07, 6.45) is -0.0567. The van der Waals surface area contributed by atoms with E-state index in [9.17, 15) is 14.4 Å². The molecule has 0 fully saturated rings. The van der Waals surface area contributed by atoms with Gasteiger partial charge in [0.2, 0.25) is 0 Å². The Morgan fingerprint density at radius 2 is 1.89 bits per heavy atom. The Bertz CT molecular complexity index is 317. The molecule has 0 unspecified atom stereocenters. The Morgan fingerprint density at radius 3 is 2.28 bits per heavy atom. The number of hydrogen-bond acceptors (Lipinski definition) is 4. The molecular weight excluding hydrogens is 240 g/mol. The molecule has 104 valence electrons. The molecule has 0 heterocycles. The molecule has 0 aromatic rings. The fraction of sp³-hybridized carbons (Fsp3) is 0.727. The number of rotatable bonds is 6. The first-order valence-corrected chi connectivity index (χ1v) is 5.62. The number of carboxylic acids is 1. The van der Waals surface area contributed by atoms with Crippen molar-refractivity contribution < 1.29 is 24.2 Å². The van der Waals surface area contributed by atoms with Crippen LogP contribution in [0.1, 0.15) is 26.7 Å². The third-order valence-electron chi connectivity index (χ3n) is 2.56. The monoisotopic (exact) mass is 260 g/mol. The van der Waals surface area contributed by atoms with E-state index in [1.807, 2.05) is 13.8 Å². The van der Waals surface area contributed by atoms with Crippen LogP contribution < -0.4 is 5.32 Å². The second kappa shape index (κ2) is 7.52. The Kier molecular flexibility index (Phi) is 6.77. The molecule has 7 heteroatoms. The van der Waals surface area contributed by atoms with Crippen molar-refractivity contribution in [2.45, 2.75) is 38.8 Å². The lowest BCUT2D eigenvalue weighted by molar-refractivity contribution is -0.142. The number of hydrogen-bond donors (Lipinski definition) is 2. The van der Waals surface area contributed by atoms with Gasteiger partial charge in [0, 0.05) is 19.5 Å². The first-order chi connectivity index (χ1) is 8.29. The van der Waals surface area contributed by atoms with Crippen LogP contribution in [0.25, 0.3) is 0 Å². The zero-order valence-electron chi connectivity index (χ0n) is 11.1. The molecule has 0 bridgehead atoms. The lowest BCUT2D eigenvalue weighted by Gasteiger charge is -2.24. The lowest BCUT2D eigenvalue weighted by atomic mass is 10.1. The molecule has 0 rings (SSSR count). The maximum absolute atomic E-state index is 11.6. The van der Waals surface area contributed by atoms with Crippen LogP contribution in [0.4, 0.5) is 4.79 Å². The summed E-state index contributed by atoms with van der Waals surface area (Å²) in [6, 6.07) is -1.62. The highest BCUT2D eigenvalue weighted by Crippen LogP contribution is 2.02. The summed E-state index contributed by atoms with van der Waals surface area (Å²) in [4.78, 5) is 34.9. The van der Waals surface area contributed by atoms with Gasteiger partial charge in [-0.2, -0.15) is 0 Å². The molecule has 0 aliphatic heterocycles. The van der Waals surface area contributed by atoms with Crippen LogP contribution in [-0.2, 0) is 14.3 Å². The van der Waals surface area contributed by atoms with E-state index in [4.69, 9.17) is 5.11 Å². The fourth-order valence-electron chi connectivity index (χ4n) is 1.11. The molecule has 7 nitrogen and oxygen atoms in total. The summed E-state index contributed by atoms with van der Waals surface area (Å²) in [7, 11) is 2.79. The third-order valence-corrected chi connectivity index (χ3v) is 2.56. The first-order valence-electron chi connectivity index (χ1n) is 5.62. The van der Waals surface area contributed by atoms with Crippen LogP contribution in [0.2, 0.25) is 0 Å². The molecule has 0 radical (unpaired) electrons.